The van der Waals surface area contributed by atoms with Crippen molar-refractivity contribution in [2.24, 2.45) is 0 Å². The normalized spacial score (nSPS) is 23.7. The zero-order chi connectivity index (χ0) is 13.3. The van der Waals surface area contributed by atoms with Crippen molar-refractivity contribution in [3.05, 3.63) is 35.4 Å². The van der Waals surface area contributed by atoms with Gasteiger partial charge in [0.25, 0.3) is 0 Å². The number of hydrogen-bond donors (Lipinski definition) is 2. The fourth-order valence-electron chi connectivity index (χ4n) is 1.43. The lowest BCUT2D eigenvalue weighted by Crippen LogP contribution is -2.21. The minimum Gasteiger partial charge on any atom is -0.455 e. The van der Waals surface area contributed by atoms with Crippen LogP contribution < -0.4 is 0 Å². The first-order valence-corrected chi connectivity index (χ1v) is 6.58. The average Bonchev–Trinajstić information content (AvgIpc) is 2.62. The van der Waals surface area contributed by atoms with E-state index in [2.05, 4.69) is 4.18 Å². The fraction of sp³-hybridized carbons (Fsp3) is 0.300. The first kappa shape index (κ1) is 13.2. The summed E-state index contributed by atoms with van der Waals surface area (Å²) in [5.41, 5.74) is -0.155. The van der Waals surface area contributed by atoms with E-state index >= 15 is 0 Å². The van der Waals surface area contributed by atoms with Crippen LogP contribution in [0.2, 0.25) is 0 Å². The van der Waals surface area contributed by atoms with Crippen LogP contribution in [-0.2, 0) is 8.92 Å². The van der Waals surface area contributed by atoms with Crippen LogP contribution in [0.25, 0.3) is 0 Å². The SMILES string of the molecule is O=C(OC1COS(O)(O)C1)c1ccc(F)c(F)c1. The summed E-state index contributed by atoms with van der Waals surface area (Å²) >= 11 is 0. The number of ether oxygens (including phenoxy) is 1. The summed E-state index contributed by atoms with van der Waals surface area (Å²) in [6, 6.07) is 2.60. The van der Waals surface area contributed by atoms with Gasteiger partial charge in [-0.05, 0) is 18.2 Å². The van der Waals surface area contributed by atoms with Gasteiger partial charge in [-0.3, -0.25) is 4.18 Å². The summed E-state index contributed by atoms with van der Waals surface area (Å²) in [6.45, 7) is -0.141. The Morgan fingerprint density at radius 1 is 1.39 bits per heavy atom. The molecule has 100 valence electrons. The van der Waals surface area contributed by atoms with Gasteiger partial charge < -0.3 is 13.8 Å². The van der Waals surface area contributed by atoms with Crippen LogP contribution in [0.5, 0.6) is 0 Å². The van der Waals surface area contributed by atoms with Crippen molar-refractivity contribution in [1.29, 1.82) is 0 Å². The molecule has 1 aliphatic heterocycles. The van der Waals surface area contributed by atoms with E-state index < -0.39 is 34.6 Å². The number of rotatable bonds is 2. The van der Waals surface area contributed by atoms with Crippen molar-refractivity contribution >= 4 is 16.8 Å². The van der Waals surface area contributed by atoms with Gasteiger partial charge >= 0.3 is 5.97 Å². The van der Waals surface area contributed by atoms with Crippen LogP contribution in [0.1, 0.15) is 10.4 Å². The molecule has 1 fully saturated rings. The molecular weight excluding hydrogens is 270 g/mol. The molecule has 0 aromatic heterocycles. The van der Waals surface area contributed by atoms with Gasteiger partial charge in [0.2, 0.25) is 0 Å². The summed E-state index contributed by atoms with van der Waals surface area (Å²) in [6.07, 6.45) is -0.810. The van der Waals surface area contributed by atoms with E-state index in [9.17, 15) is 13.6 Å². The molecule has 1 saturated heterocycles. The van der Waals surface area contributed by atoms with Crippen LogP contribution in [0, 0.1) is 11.6 Å². The predicted molar refractivity (Wildman–Crippen MR) is 59.2 cm³/mol. The molecule has 5 nitrogen and oxygen atoms in total. The second kappa shape index (κ2) is 4.81. The minimum absolute atomic E-state index is 0.141. The molecular formula is C10H10F2O5S. The minimum atomic E-state index is -3.15. The Labute approximate surface area is 103 Å². The van der Waals surface area contributed by atoms with Crippen LogP contribution in [0.4, 0.5) is 8.78 Å². The van der Waals surface area contributed by atoms with E-state index in [1.807, 2.05) is 0 Å². The van der Waals surface area contributed by atoms with E-state index in [-0.39, 0.29) is 17.9 Å². The summed E-state index contributed by atoms with van der Waals surface area (Å²) in [5.74, 6) is -3.32. The van der Waals surface area contributed by atoms with Gasteiger partial charge in [0, 0.05) is 0 Å². The van der Waals surface area contributed by atoms with Crippen molar-refractivity contribution in [1.82, 2.24) is 0 Å². The smallest absolute Gasteiger partial charge is 0.338 e. The van der Waals surface area contributed by atoms with E-state index in [4.69, 9.17) is 13.8 Å². The standard InChI is InChI=1S/C10H10F2O5S/c11-8-2-1-6(3-9(8)12)10(13)17-7-4-16-18(14,15)5-7/h1-3,7,14-15H,4-5H2. The summed E-state index contributed by atoms with van der Waals surface area (Å²) < 4.78 is 53.3. The molecule has 2 N–H and O–H groups in total. The fourth-order valence-corrected chi connectivity index (χ4v) is 2.55. The molecule has 8 heteroatoms. The third-order valence-electron chi connectivity index (χ3n) is 2.27. The molecule has 1 aromatic carbocycles. The maximum Gasteiger partial charge on any atom is 0.338 e. The molecule has 0 saturated carbocycles. The van der Waals surface area contributed by atoms with Crippen LogP contribution >= 0.6 is 10.9 Å². The average molecular weight is 280 g/mol. The van der Waals surface area contributed by atoms with Crippen molar-refractivity contribution in [3.63, 3.8) is 0 Å². The molecule has 1 aromatic rings. The third-order valence-corrected chi connectivity index (χ3v) is 3.59. The summed E-state index contributed by atoms with van der Waals surface area (Å²) in [5, 5.41) is 0. The Kier molecular flexibility index (Phi) is 3.53. The van der Waals surface area contributed by atoms with E-state index in [0.29, 0.717) is 6.07 Å². The number of hydrogen-bond acceptors (Lipinski definition) is 5. The summed E-state index contributed by atoms with van der Waals surface area (Å²) in [4.78, 5) is 11.6. The van der Waals surface area contributed by atoms with Gasteiger partial charge in [-0.2, -0.15) is 0 Å². The van der Waals surface area contributed by atoms with Crippen molar-refractivity contribution in [3.8, 4) is 0 Å². The largest absolute Gasteiger partial charge is 0.455 e. The van der Waals surface area contributed by atoms with Gasteiger partial charge in [0.15, 0.2) is 11.6 Å². The predicted octanol–water partition coefficient (Wildman–Crippen LogP) is 2.19. The van der Waals surface area contributed by atoms with Gasteiger partial charge in [-0.25, -0.2) is 13.6 Å². The first-order chi connectivity index (χ1) is 8.37. The van der Waals surface area contributed by atoms with Crippen molar-refractivity contribution < 1.29 is 31.6 Å². The molecule has 1 aliphatic rings. The van der Waals surface area contributed by atoms with E-state index in [0.717, 1.165) is 12.1 Å². The highest BCUT2D eigenvalue weighted by Gasteiger charge is 2.35. The lowest BCUT2D eigenvalue weighted by Gasteiger charge is -2.17. The van der Waals surface area contributed by atoms with Gasteiger partial charge in [0.05, 0.1) is 22.2 Å². The second-order valence-corrected chi connectivity index (χ2v) is 5.50. The molecule has 0 radical (unpaired) electrons. The van der Waals surface area contributed by atoms with Gasteiger partial charge in [-0.1, -0.05) is 0 Å². The zero-order valence-electron chi connectivity index (χ0n) is 9.01. The van der Waals surface area contributed by atoms with Crippen LogP contribution in [0.15, 0.2) is 18.2 Å². The third kappa shape index (κ3) is 2.96. The van der Waals surface area contributed by atoms with Gasteiger partial charge in [0.1, 0.15) is 12.7 Å². The number of halogens is 2. The first-order valence-electron chi connectivity index (χ1n) is 4.94. The van der Waals surface area contributed by atoms with Crippen LogP contribution in [-0.4, -0.2) is 33.5 Å². The second-order valence-electron chi connectivity index (χ2n) is 3.71. The maximum atomic E-state index is 12.9. The van der Waals surface area contributed by atoms with Crippen LogP contribution in [0.3, 0.4) is 0 Å². The molecule has 18 heavy (non-hydrogen) atoms. The maximum absolute atomic E-state index is 12.9. The lowest BCUT2D eigenvalue weighted by molar-refractivity contribution is 0.0300. The number of esters is 1. The molecule has 0 bridgehead atoms. The Bertz CT molecular complexity index is 479. The Morgan fingerprint density at radius 2 is 2.11 bits per heavy atom. The highest BCUT2D eigenvalue weighted by Crippen LogP contribution is 2.46. The highest BCUT2D eigenvalue weighted by atomic mass is 32.3. The molecule has 0 amide bonds. The number of carbonyl (C=O) groups excluding carboxylic acids is 1. The van der Waals surface area contributed by atoms with E-state index in [1.165, 1.54) is 0 Å². The number of benzene rings is 1. The van der Waals surface area contributed by atoms with Crippen molar-refractivity contribution in [2.45, 2.75) is 6.10 Å². The molecule has 0 spiro atoms. The zero-order valence-corrected chi connectivity index (χ0v) is 9.82. The quantitative estimate of drug-likeness (QED) is 0.812. The molecule has 1 heterocycles. The highest BCUT2D eigenvalue weighted by molar-refractivity contribution is 8.20. The molecule has 0 aliphatic carbocycles. The molecule has 1 unspecified atom stereocenters. The monoisotopic (exact) mass is 280 g/mol. The molecule has 1 atom stereocenters. The molecule has 2 rings (SSSR count). The Hall–Kier alpha value is -1.22. The number of carbonyl (C=O) groups is 1. The topological polar surface area (TPSA) is 76.0 Å². The Morgan fingerprint density at radius 3 is 2.67 bits per heavy atom. The van der Waals surface area contributed by atoms with Crippen molar-refractivity contribution in [2.75, 3.05) is 12.4 Å². The van der Waals surface area contributed by atoms with E-state index in [1.54, 1.807) is 0 Å². The Balaban J connectivity index is 2.02. The summed E-state index contributed by atoms with van der Waals surface area (Å²) in [7, 11) is -3.15. The van der Waals surface area contributed by atoms with Gasteiger partial charge in [-0.15, -0.1) is 0 Å². The lowest BCUT2D eigenvalue weighted by atomic mass is 10.2.